The lowest BCUT2D eigenvalue weighted by atomic mass is 10.00. The van der Waals surface area contributed by atoms with Crippen molar-refractivity contribution in [1.29, 1.82) is 0 Å². The second-order valence-corrected chi connectivity index (χ2v) is 7.15. The molecular formula is C23H18ClNO2. The lowest BCUT2D eigenvalue weighted by Crippen LogP contribution is -2.05. The van der Waals surface area contributed by atoms with Crippen molar-refractivity contribution in [3.05, 3.63) is 88.1 Å². The van der Waals surface area contributed by atoms with Gasteiger partial charge in [0.2, 0.25) is 5.78 Å². The van der Waals surface area contributed by atoms with Gasteiger partial charge in [-0.25, -0.2) is 0 Å². The smallest absolute Gasteiger partial charge is 0.230 e. The Bertz CT molecular complexity index is 1190. The van der Waals surface area contributed by atoms with Gasteiger partial charge in [-0.05, 0) is 54.8 Å². The molecule has 0 saturated carbocycles. The fraction of sp³-hybridized carbons (Fsp3) is 0.0870. The molecule has 0 unspecified atom stereocenters. The SMILES string of the molecule is Cc1ccc(C(=O)c2oc3cc(-c4cccc(Cl)c4)ccc3c2N)c(C)c1. The second kappa shape index (κ2) is 6.60. The average Bonchev–Trinajstić information content (AvgIpc) is 2.97. The first-order chi connectivity index (χ1) is 12.9. The summed E-state index contributed by atoms with van der Waals surface area (Å²) in [6, 6.07) is 19.0. The number of halogens is 1. The van der Waals surface area contributed by atoms with Gasteiger partial charge in [0.15, 0.2) is 5.76 Å². The molecule has 0 spiro atoms. The first-order valence-corrected chi connectivity index (χ1v) is 9.02. The van der Waals surface area contributed by atoms with Crippen LogP contribution in [0.1, 0.15) is 27.2 Å². The van der Waals surface area contributed by atoms with Crippen LogP contribution in [0, 0.1) is 13.8 Å². The van der Waals surface area contributed by atoms with Crippen molar-refractivity contribution in [1.82, 2.24) is 0 Å². The van der Waals surface area contributed by atoms with Gasteiger partial charge in [0.25, 0.3) is 0 Å². The van der Waals surface area contributed by atoms with E-state index in [-0.39, 0.29) is 11.5 Å². The molecular weight excluding hydrogens is 358 g/mol. The minimum atomic E-state index is -0.203. The Hall–Kier alpha value is -3.04. The number of carbonyl (C=O) groups is 1. The third-order valence-electron chi connectivity index (χ3n) is 4.72. The van der Waals surface area contributed by atoms with E-state index in [1.54, 1.807) is 0 Å². The summed E-state index contributed by atoms with van der Waals surface area (Å²) in [7, 11) is 0. The molecule has 0 saturated heterocycles. The molecule has 0 amide bonds. The van der Waals surface area contributed by atoms with E-state index in [2.05, 4.69) is 0 Å². The van der Waals surface area contributed by atoms with Crippen molar-refractivity contribution in [3.8, 4) is 11.1 Å². The van der Waals surface area contributed by atoms with Gasteiger partial charge in [-0.15, -0.1) is 0 Å². The number of furan rings is 1. The summed E-state index contributed by atoms with van der Waals surface area (Å²) in [6.07, 6.45) is 0. The Morgan fingerprint density at radius 2 is 1.74 bits per heavy atom. The maximum Gasteiger partial charge on any atom is 0.230 e. The van der Waals surface area contributed by atoms with Gasteiger partial charge in [-0.2, -0.15) is 0 Å². The van der Waals surface area contributed by atoms with E-state index >= 15 is 0 Å². The molecule has 0 radical (unpaired) electrons. The van der Waals surface area contributed by atoms with Gasteiger partial charge >= 0.3 is 0 Å². The fourth-order valence-corrected chi connectivity index (χ4v) is 3.51. The molecule has 3 nitrogen and oxygen atoms in total. The van der Waals surface area contributed by atoms with E-state index < -0.39 is 0 Å². The molecule has 27 heavy (non-hydrogen) atoms. The zero-order valence-electron chi connectivity index (χ0n) is 15.0. The van der Waals surface area contributed by atoms with Crippen molar-refractivity contribution < 1.29 is 9.21 Å². The zero-order valence-corrected chi connectivity index (χ0v) is 15.8. The highest BCUT2D eigenvalue weighted by Crippen LogP contribution is 2.34. The van der Waals surface area contributed by atoms with Gasteiger partial charge < -0.3 is 10.2 Å². The number of hydrogen-bond acceptors (Lipinski definition) is 3. The van der Waals surface area contributed by atoms with E-state index in [0.29, 0.717) is 21.9 Å². The first kappa shape index (κ1) is 17.4. The maximum absolute atomic E-state index is 13.0. The van der Waals surface area contributed by atoms with Gasteiger partial charge in [-0.3, -0.25) is 4.79 Å². The third kappa shape index (κ3) is 3.11. The molecule has 1 aromatic heterocycles. The minimum absolute atomic E-state index is 0.181. The number of rotatable bonds is 3. The summed E-state index contributed by atoms with van der Waals surface area (Å²) in [4.78, 5) is 13.0. The third-order valence-corrected chi connectivity index (χ3v) is 4.95. The topological polar surface area (TPSA) is 56.2 Å². The molecule has 0 atom stereocenters. The molecule has 0 aliphatic rings. The first-order valence-electron chi connectivity index (χ1n) is 8.64. The molecule has 4 heteroatoms. The highest BCUT2D eigenvalue weighted by atomic mass is 35.5. The number of hydrogen-bond donors (Lipinski definition) is 1. The lowest BCUT2D eigenvalue weighted by Gasteiger charge is -2.04. The summed E-state index contributed by atoms with van der Waals surface area (Å²) in [5.74, 6) is -0.0225. The molecule has 0 aliphatic heterocycles. The summed E-state index contributed by atoms with van der Waals surface area (Å²) in [5, 5.41) is 1.39. The standard InChI is InChI=1S/C23H18ClNO2/c1-13-6-8-18(14(2)10-13)22(26)23-21(25)19-9-7-16(12-20(19)27-23)15-4-3-5-17(24)11-15/h3-12H,25H2,1-2H3. The van der Waals surface area contributed by atoms with E-state index in [9.17, 15) is 4.79 Å². The molecule has 0 bridgehead atoms. The number of nitrogens with two attached hydrogens (primary N) is 1. The molecule has 134 valence electrons. The summed E-state index contributed by atoms with van der Waals surface area (Å²) < 4.78 is 5.89. The Morgan fingerprint density at radius 3 is 2.48 bits per heavy atom. The van der Waals surface area contributed by atoms with Gasteiger partial charge in [-0.1, -0.05) is 53.6 Å². The number of ketones is 1. The summed E-state index contributed by atoms with van der Waals surface area (Å²) in [6.45, 7) is 3.91. The predicted octanol–water partition coefficient (Wildman–Crippen LogP) is 6.18. The monoisotopic (exact) mass is 375 g/mol. The van der Waals surface area contributed by atoms with Crippen LogP contribution in [-0.4, -0.2) is 5.78 Å². The van der Waals surface area contributed by atoms with Crippen LogP contribution in [0.3, 0.4) is 0 Å². The largest absolute Gasteiger partial charge is 0.450 e. The second-order valence-electron chi connectivity index (χ2n) is 6.71. The number of fused-ring (bicyclic) bond motifs is 1. The number of aryl methyl sites for hydroxylation is 2. The number of carbonyl (C=O) groups excluding carboxylic acids is 1. The number of anilines is 1. The van der Waals surface area contributed by atoms with E-state index in [0.717, 1.165) is 27.6 Å². The Balaban J connectivity index is 1.81. The molecule has 0 fully saturated rings. The highest BCUT2D eigenvalue weighted by molar-refractivity contribution is 6.30. The highest BCUT2D eigenvalue weighted by Gasteiger charge is 2.21. The van der Waals surface area contributed by atoms with Gasteiger partial charge in [0, 0.05) is 16.0 Å². The van der Waals surface area contributed by atoms with Crippen LogP contribution in [0.4, 0.5) is 5.69 Å². The van der Waals surface area contributed by atoms with Crippen molar-refractivity contribution in [2.24, 2.45) is 0 Å². The normalized spacial score (nSPS) is 11.1. The molecule has 4 aromatic rings. The molecule has 1 heterocycles. The quantitative estimate of drug-likeness (QED) is 0.435. The van der Waals surface area contributed by atoms with Crippen LogP contribution in [0.2, 0.25) is 5.02 Å². The molecule has 0 aliphatic carbocycles. The van der Waals surface area contributed by atoms with Crippen LogP contribution in [0.25, 0.3) is 22.1 Å². The van der Waals surface area contributed by atoms with Gasteiger partial charge in [0.1, 0.15) is 5.58 Å². The summed E-state index contributed by atoms with van der Waals surface area (Å²) in [5.41, 5.74) is 11.7. The molecule has 2 N–H and O–H groups in total. The van der Waals surface area contributed by atoms with E-state index in [1.165, 1.54) is 0 Å². The predicted molar refractivity (Wildman–Crippen MR) is 110 cm³/mol. The Labute approximate surface area is 162 Å². The van der Waals surface area contributed by atoms with Crippen LogP contribution in [0.5, 0.6) is 0 Å². The van der Waals surface area contributed by atoms with E-state index in [4.69, 9.17) is 21.8 Å². The number of nitrogen functional groups attached to an aromatic ring is 1. The fourth-order valence-electron chi connectivity index (χ4n) is 3.32. The van der Waals surface area contributed by atoms with Crippen molar-refractivity contribution in [3.63, 3.8) is 0 Å². The molecule has 4 rings (SSSR count). The van der Waals surface area contributed by atoms with Crippen LogP contribution in [-0.2, 0) is 0 Å². The van der Waals surface area contributed by atoms with Crippen LogP contribution >= 0.6 is 11.6 Å². The molecule has 3 aromatic carbocycles. The van der Waals surface area contributed by atoms with Gasteiger partial charge in [0.05, 0.1) is 5.69 Å². The lowest BCUT2D eigenvalue weighted by molar-refractivity contribution is 0.101. The zero-order chi connectivity index (χ0) is 19.1. The van der Waals surface area contributed by atoms with Crippen LogP contribution in [0.15, 0.2) is 65.1 Å². The van der Waals surface area contributed by atoms with Crippen LogP contribution < -0.4 is 5.73 Å². The maximum atomic E-state index is 13.0. The Morgan fingerprint density at radius 1 is 0.963 bits per heavy atom. The average molecular weight is 376 g/mol. The number of benzene rings is 3. The van der Waals surface area contributed by atoms with Crippen molar-refractivity contribution in [2.75, 3.05) is 5.73 Å². The van der Waals surface area contributed by atoms with E-state index in [1.807, 2.05) is 74.5 Å². The Kier molecular flexibility index (Phi) is 4.25. The minimum Gasteiger partial charge on any atom is -0.450 e. The van der Waals surface area contributed by atoms with Crippen molar-refractivity contribution >= 4 is 34.0 Å². The van der Waals surface area contributed by atoms with Crippen molar-refractivity contribution in [2.45, 2.75) is 13.8 Å². The summed E-state index contributed by atoms with van der Waals surface area (Å²) >= 11 is 6.09.